The second-order valence-corrected chi connectivity index (χ2v) is 4.96. The molecule has 0 aliphatic rings. The van der Waals surface area contributed by atoms with Gasteiger partial charge >= 0.3 is 0 Å². The molecule has 1 aromatic heterocycles. The lowest BCUT2D eigenvalue weighted by molar-refractivity contribution is 0.0995. The summed E-state index contributed by atoms with van der Waals surface area (Å²) in [6.45, 7) is 0. The fraction of sp³-hybridized carbons (Fsp3) is 0.143. The smallest absolute Gasteiger partial charge is 0.291 e. The molecule has 116 valence electrons. The third-order valence-corrected chi connectivity index (χ3v) is 3.26. The van der Waals surface area contributed by atoms with E-state index in [2.05, 4.69) is 21.2 Å². The first-order valence-corrected chi connectivity index (χ1v) is 6.88. The highest BCUT2D eigenvalue weighted by Crippen LogP contribution is 2.33. The van der Waals surface area contributed by atoms with Crippen LogP contribution in [0.3, 0.4) is 0 Å². The summed E-state index contributed by atoms with van der Waals surface area (Å²) in [4.78, 5) is 23.7. The number of furan rings is 1. The van der Waals surface area contributed by atoms with Gasteiger partial charge in [0.05, 0.1) is 25.5 Å². The Bertz CT molecular complexity index is 726. The molecule has 0 aliphatic carbocycles. The quantitative estimate of drug-likeness (QED) is 0.843. The van der Waals surface area contributed by atoms with Crippen molar-refractivity contribution in [3.05, 3.63) is 40.3 Å². The SMILES string of the molecule is COc1cc(NC(=O)c2ccc(Br)o2)c(C(N)=O)cc1OC. The second kappa shape index (κ2) is 6.52. The van der Waals surface area contributed by atoms with E-state index in [0.29, 0.717) is 16.2 Å². The maximum absolute atomic E-state index is 12.1. The van der Waals surface area contributed by atoms with E-state index in [0.717, 1.165) is 0 Å². The molecular formula is C14H13BrN2O5. The standard InChI is InChI=1S/C14H13BrN2O5/c1-20-10-5-7(13(16)18)8(6-11(10)21-2)17-14(19)9-3-4-12(15)22-9/h3-6H,1-2H3,(H2,16,18)(H,17,19). The summed E-state index contributed by atoms with van der Waals surface area (Å²) in [6, 6.07) is 5.92. The lowest BCUT2D eigenvalue weighted by Crippen LogP contribution is -2.18. The first-order valence-electron chi connectivity index (χ1n) is 6.08. The number of carbonyl (C=O) groups is 2. The van der Waals surface area contributed by atoms with Crippen LogP contribution >= 0.6 is 15.9 Å². The molecule has 2 aromatic rings. The first kappa shape index (κ1) is 15.9. The molecule has 2 rings (SSSR count). The Morgan fingerprint density at radius 2 is 1.82 bits per heavy atom. The summed E-state index contributed by atoms with van der Waals surface area (Å²) in [7, 11) is 2.87. The number of methoxy groups -OCH3 is 2. The molecule has 0 atom stereocenters. The molecule has 8 heteroatoms. The van der Waals surface area contributed by atoms with Crippen molar-refractivity contribution in [2.75, 3.05) is 19.5 Å². The molecule has 0 fully saturated rings. The third kappa shape index (κ3) is 3.22. The van der Waals surface area contributed by atoms with Gasteiger partial charge in [0, 0.05) is 6.07 Å². The zero-order chi connectivity index (χ0) is 16.3. The molecule has 1 heterocycles. The molecule has 0 aliphatic heterocycles. The minimum atomic E-state index is -0.711. The van der Waals surface area contributed by atoms with Crippen molar-refractivity contribution in [3.8, 4) is 11.5 Å². The lowest BCUT2D eigenvalue weighted by Gasteiger charge is -2.13. The Morgan fingerprint density at radius 1 is 1.18 bits per heavy atom. The Balaban J connectivity index is 2.40. The van der Waals surface area contributed by atoms with Crippen LogP contribution in [-0.2, 0) is 0 Å². The van der Waals surface area contributed by atoms with Gasteiger partial charge in [-0.15, -0.1) is 0 Å². The topological polar surface area (TPSA) is 104 Å². The van der Waals surface area contributed by atoms with Crippen LogP contribution in [0.15, 0.2) is 33.4 Å². The van der Waals surface area contributed by atoms with Gasteiger partial charge in [-0.2, -0.15) is 0 Å². The molecule has 22 heavy (non-hydrogen) atoms. The van der Waals surface area contributed by atoms with Crippen molar-refractivity contribution < 1.29 is 23.5 Å². The number of primary amides is 1. The Labute approximate surface area is 134 Å². The molecule has 0 saturated carbocycles. The number of hydrogen-bond acceptors (Lipinski definition) is 5. The molecule has 3 N–H and O–H groups in total. The maximum Gasteiger partial charge on any atom is 0.291 e. The Morgan fingerprint density at radius 3 is 2.32 bits per heavy atom. The number of anilines is 1. The van der Waals surface area contributed by atoms with Crippen molar-refractivity contribution >= 4 is 33.4 Å². The number of ether oxygens (including phenoxy) is 2. The highest BCUT2D eigenvalue weighted by Gasteiger charge is 2.18. The van der Waals surface area contributed by atoms with E-state index in [-0.39, 0.29) is 17.0 Å². The fourth-order valence-electron chi connectivity index (χ4n) is 1.81. The van der Waals surface area contributed by atoms with Gasteiger partial charge < -0.3 is 24.9 Å². The van der Waals surface area contributed by atoms with Crippen LogP contribution in [0.5, 0.6) is 11.5 Å². The van der Waals surface area contributed by atoms with E-state index in [9.17, 15) is 9.59 Å². The highest BCUT2D eigenvalue weighted by atomic mass is 79.9. The van der Waals surface area contributed by atoms with E-state index in [1.54, 1.807) is 6.07 Å². The first-order chi connectivity index (χ1) is 10.5. The van der Waals surface area contributed by atoms with Crippen LogP contribution in [0, 0.1) is 0 Å². The van der Waals surface area contributed by atoms with Crippen molar-refractivity contribution in [2.45, 2.75) is 0 Å². The highest BCUT2D eigenvalue weighted by molar-refractivity contribution is 9.10. The molecule has 0 unspecified atom stereocenters. The van der Waals surface area contributed by atoms with Gasteiger partial charge in [-0.25, -0.2) is 0 Å². The predicted molar refractivity (Wildman–Crippen MR) is 82.4 cm³/mol. The van der Waals surface area contributed by atoms with E-state index in [4.69, 9.17) is 19.6 Å². The van der Waals surface area contributed by atoms with Crippen LogP contribution in [0.25, 0.3) is 0 Å². The van der Waals surface area contributed by atoms with Crippen LogP contribution in [0.1, 0.15) is 20.9 Å². The number of carbonyl (C=O) groups excluding carboxylic acids is 2. The number of benzene rings is 1. The van der Waals surface area contributed by atoms with Gasteiger partial charge in [0.25, 0.3) is 11.8 Å². The monoisotopic (exact) mass is 368 g/mol. The van der Waals surface area contributed by atoms with Crippen LogP contribution in [0.2, 0.25) is 0 Å². The van der Waals surface area contributed by atoms with Crippen molar-refractivity contribution in [3.63, 3.8) is 0 Å². The van der Waals surface area contributed by atoms with Crippen molar-refractivity contribution in [2.24, 2.45) is 5.73 Å². The van der Waals surface area contributed by atoms with E-state index in [1.165, 1.54) is 32.4 Å². The van der Waals surface area contributed by atoms with Crippen molar-refractivity contribution in [1.29, 1.82) is 0 Å². The normalized spacial score (nSPS) is 10.1. The number of rotatable bonds is 5. The number of nitrogens with one attached hydrogen (secondary N) is 1. The zero-order valence-corrected chi connectivity index (χ0v) is 13.4. The summed E-state index contributed by atoms with van der Waals surface area (Å²) in [5, 5.41) is 2.56. The van der Waals surface area contributed by atoms with E-state index in [1.807, 2.05) is 0 Å². The minimum absolute atomic E-state index is 0.0806. The molecule has 7 nitrogen and oxygen atoms in total. The second-order valence-electron chi connectivity index (χ2n) is 4.17. The third-order valence-electron chi connectivity index (χ3n) is 2.83. The molecule has 0 radical (unpaired) electrons. The minimum Gasteiger partial charge on any atom is -0.493 e. The fourth-order valence-corrected chi connectivity index (χ4v) is 2.11. The van der Waals surface area contributed by atoms with Crippen LogP contribution in [-0.4, -0.2) is 26.0 Å². The number of amides is 2. The number of halogens is 1. The van der Waals surface area contributed by atoms with Crippen LogP contribution < -0.4 is 20.5 Å². The Kier molecular flexibility index (Phi) is 4.71. The molecule has 0 bridgehead atoms. The largest absolute Gasteiger partial charge is 0.493 e. The van der Waals surface area contributed by atoms with Gasteiger partial charge in [0.1, 0.15) is 0 Å². The summed E-state index contributed by atoms with van der Waals surface area (Å²) >= 11 is 3.11. The van der Waals surface area contributed by atoms with Gasteiger partial charge in [-0.3, -0.25) is 9.59 Å². The molecule has 0 saturated heterocycles. The van der Waals surface area contributed by atoms with Crippen molar-refractivity contribution in [1.82, 2.24) is 0 Å². The molecule has 1 aromatic carbocycles. The van der Waals surface area contributed by atoms with Gasteiger partial charge in [-0.05, 0) is 34.1 Å². The summed E-state index contributed by atoms with van der Waals surface area (Å²) in [5.41, 5.74) is 5.62. The summed E-state index contributed by atoms with van der Waals surface area (Å²) < 4.78 is 15.8. The lowest BCUT2D eigenvalue weighted by atomic mass is 10.1. The Hall–Kier alpha value is -2.48. The predicted octanol–water partition coefficient (Wildman–Crippen LogP) is 2.41. The van der Waals surface area contributed by atoms with Crippen LogP contribution in [0.4, 0.5) is 5.69 Å². The average Bonchev–Trinajstić information content (AvgIpc) is 2.93. The number of nitrogens with two attached hydrogens (primary N) is 1. The van der Waals surface area contributed by atoms with E-state index < -0.39 is 11.8 Å². The van der Waals surface area contributed by atoms with Gasteiger partial charge in [0.2, 0.25) is 0 Å². The van der Waals surface area contributed by atoms with E-state index >= 15 is 0 Å². The maximum atomic E-state index is 12.1. The van der Waals surface area contributed by atoms with Gasteiger partial charge in [-0.1, -0.05) is 0 Å². The zero-order valence-electron chi connectivity index (χ0n) is 11.8. The molecule has 0 spiro atoms. The summed E-state index contributed by atoms with van der Waals surface area (Å²) in [5.74, 6) is -0.479. The van der Waals surface area contributed by atoms with Gasteiger partial charge in [0.15, 0.2) is 21.9 Å². The average molecular weight is 369 g/mol. The number of hydrogen-bond donors (Lipinski definition) is 2. The molecular weight excluding hydrogens is 356 g/mol. The molecule has 2 amide bonds. The summed E-state index contributed by atoms with van der Waals surface area (Å²) in [6.07, 6.45) is 0.